The smallest absolute Gasteiger partial charge is 0.172 e. The predicted molar refractivity (Wildman–Crippen MR) is 106 cm³/mol. The van der Waals surface area contributed by atoms with E-state index in [2.05, 4.69) is 14.5 Å². The van der Waals surface area contributed by atoms with Crippen LogP contribution >= 0.6 is 0 Å². The molecule has 1 heterocycles. The first-order valence-corrected chi connectivity index (χ1v) is 9.72. The predicted octanol–water partition coefficient (Wildman–Crippen LogP) is 3.22. The normalized spacial score (nSPS) is 20.0. The van der Waals surface area contributed by atoms with Gasteiger partial charge in [-0.05, 0) is 51.4 Å². The van der Waals surface area contributed by atoms with Gasteiger partial charge < -0.3 is 24.0 Å². The molecule has 2 atom stereocenters. The van der Waals surface area contributed by atoms with Crippen molar-refractivity contribution in [3.8, 4) is 22.9 Å². The Morgan fingerprint density at radius 3 is 2.89 bits per heavy atom. The first-order chi connectivity index (χ1) is 13.1. The van der Waals surface area contributed by atoms with Crippen LogP contribution in [0.15, 0.2) is 30.6 Å². The van der Waals surface area contributed by atoms with Crippen LogP contribution in [0.3, 0.4) is 0 Å². The molecule has 148 valence electrons. The fraction of sp³-hybridized carbons (Fsp3) is 0.571. The van der Waals surface area contributed by atoms with Crippen LogP contribution in [-0.2, 0) is 0 Å². The molecule has 1 saturated carbocycles. The molecule has 1 aliphatic carbocycles. The lowest BCUT2D eigenvalue weighted by atomic mass is 9.86. The van der Waals surface area contributed by atoms with Gasteiger partial charge in [-0.25, -0.2) is 4.98 Å². The highest BCUT2D eigenvalue weighted by Crippen LogP contribution is 2.40. The number of nitrogens with zero attached hydrogens (tertiary/aromatic N) is 3. The van der Waals surface area contributed by atoms with Crippen molar-refractivity contribution in [2.24, 2.45) is 5.92 Å². The second kappa shape index (κ2) is 9.24. The molecule has 0 saturated heterocycles. The van der Waals surface area contributed by atoms with Crippen molar-refractivity contribution in [1.29, 1.82) is 0 Å². The number of hydrogen-bond acceptors (Lipinski definition) is 5. The van der Waals surface area contributed by atoms with Crippen molar-refractivity contribution in [2.75, 3.05) is 41.0 Å². The molecule has 1 aromatic carbocycles. The molecule has 0 aliphatic heterocycles. The Labute approximate surface area is 161 Å². The zero-order valence-corrected chi connectivity index (χ0v) is 16.6. The number of ether oxygens (including phenoxy) is 2. The molecule has 1 fully saturated rings. The van der Waals surface area contributed by atoms with E-state index in [1.807, 2.05) is 44.7 Å². The minimum atomic E-state index is 0.262. The fourth-order valence-electron chi connectivity index (χ4n) is 3.83. The molecule has 6 heteroatoms. The molecule has 0 bridgehead atoms. The van der Waals surface area contributed by atoms with E-state index in [4.69, 9.17) is 9.47 Å². The second-order valence-corrected chi connectivity index (χ2v) is 7.52. The summed E-state index contributed by atoms with van der Waals surface area (Å²) in [6.07, 6.45) is 8.23. The van der Waals surface area contributed by atoms with Gasteiger partial charge in [0, 0.05) is 31.6 Å². The fourth-order valence-corrected chi connectivity index (χ4v) is 3.83. The van der Waals surface area contributed by atoms with Crippen LogP contribution in [0.4, 0.5) is 0 Å². The van der Waals surface area contributed by atoms with Gasteiger partial charge in [0.05, 0.1) is 12.7 Å². The molecule has 0 spiro atoms. The van der Waals surface area contributed by atoms with Gasteiger partial charge in [0.15, 0.2) is 11.5 Å². The average Bonchev–Trinajstić information content (AvgIpc) is 3.17. The number of likely N-dealkylation sites (N-methyl/N-ethyl adjacent to an activating group) is 1. The molecule has 1 aliphatic rings. The van der Waals surface area contributed by atoms with E-state index in [9.17, 15) is 5.11 Å². The van der Waals surface area contributed by atoms with E-state index in [-0.39, 0.29) is 6.61 Å². The van der Waals surface area contributed by atoms with Gasteiger partial charge in [-0.3, -0.25) is 0 Å². The van der Waals surface area contributed by atoms with Crippen molar-refractivity contribution in [3.05, 3.63) is 30.6 Å². The summed E-state index contributed by atoms with van der Waals surface area (Å²) in [5.41, 5.74) is 0.948. The highest BCUT2D eigenvalue weighted by atomic mass is 16.5. The number of benzene rings is 1. The van der Waals surface area contributed by atoms with Crippen LogP contribution in [0.5, 0.6) is 11.5 Å². The summed E-state index contributed by atoms with van der Waals surface area (Å²) in [5, 5.41) is 9.58. The zero-order valence-electron chi connectivity index (χ0n) is 16.6. The van der Waals surface area contributed by atoms with Crippen molar-refractivity contribution in [3.63, 3.8) is 0 Å². The van der Waals surface area contributed by atoms with Crippen molar-refractivity contribution in [2.45, 2.75) is 31.7 Å². The maximum Gasteiger partial charge on any atom is 0.172 e. The van der Waals surface area contributed by atoms with Crippen molar-refractivity contribution >= 4 is 0 Å². The Morgan fingerprint density at radius 2 is 2.15 bits per heavy atom. The van der Waals surface area contributed by atoms with Gasteiger partial charge in [-0.1, -0.05) is 12.5 Å². The van der Waals surface area contributed by atoms with Crippen LogP contribution in [-0.4, -0.2) is 60.5 Å². The van der Waals surface area contributed by atoms with Gasteiger partial charge >= 0.3 is 0 Å². The molecule has 1 N–H and O–H groups in total. The third-order valence-electron chi connectivity index (χ3n) is 5.30. The standard InChI is InChI=1S/C21H31N3O3/c1-23(2)12-13-27-20-18(8-5-9-19(20)26-3)21-22-10-11-24(21)17-7-4-6-16(14-17)15-25/h5,8-11,16-17,25H,4,6-7,12-15H2,1-3H3/t16-,17-/m1/s1. The summed E-state index contributed by atoms with van der Waals surface area (Å²) < 4.78 is 13.9. The monoisotopic (exact) mass is 373 g/mol. The summed E-state index contributed by atoms with van der Waals surface area (Å²) >= 11 is 0. The van der Waals surface area contributed by atoms with Gasteiger partial charge in [-0.2, -0.15) is 0 Å². The topological polar surface area (TPSA) is 59.8 Å². The molecule has 0 unspecified atom stereocenters. The highest BCUT2D eigenvalue weighted by Gasteiger charge is 2.26. The van der Waals surface area contributed by atoms with Gasteiger partial charge in [0.2, 0.25) is 0 Å². The second-order valence-electron chi connectivity index (χ2n) is 7.52. The Balaban J connectivity index is 1.91. The van der Waals surface area contributed by atoms with E-state index in [0.717, 1.165) is 55.1 Å². The zero-order chi connectivity index (χ0) is 19.2. The lowest BCUT2D eigenvalue weighted by Gasteiger charge is -2.30. The van der Waals surface area contributed by atoms with Crippen LogP contribution in [0.2, 0.25) is 0 Å². The number of methoxy groups -OCH3 is 1. The maximum absolute atomic E-state index is 9.58. The lowest BCUT2D eigenvalue weighted by molar-refractivity contribution is 0.163. The number of rotatable bonds is 8. The number of imidazole rings is 1. The molecule has 1 aromatic heterocycles. The quantitative estimate of drug-likeness (QED) is 0.770. The Kier molecular flexibility index (Phi) is 6.74. The largest absolute Gasteiger partial charge is 0.493 e. The summed E-state index contributed by atoms with van der Waals surface area (Å²) in [6, 6.07) is 6.29. The van der Waals surface area contributed by atoms with Crippen LogP contribution in [0.25, 0.3) is 11.4 Å². The maximum atomic E-state index is 9.58. The Bertz CT molecular complexity index is 729. The molecule has 0 radical (unpaired) electrons. The van der Waals surface area contributed by atoms with Gasteiger partial charge in [-0.15, -0.1) is 0 Å². The number of aliphatic hydroxyl groups excluding tert-OH is 1. The minimum absolute atomic E-state index is 0.262. The minimum Gasteiger partial charge on any atom is -0.493 e. The van der Waals surface area contributed by atoms with E-state index in [1.54, 1.807) is 7.11 Å². The Morgan fingerprint density at radius 1 is 1.30 bits per heavy atom. The third kappa shape index (κ3) is 4.62. The average molecular weight is 373 g/mol. The molecular weight excluding hydrogens is 342 g/mol. The summed E-state index contributed by atoms with van der Waals surface area (Å²) in [5.74, 6) is 2.74. The number of aliphatic hydroxyl groups is 1. The van der Waals surface area contributed by atoms with Crippen molar-refractivity contribution in [1.82, 2.24) is 14.5 Å². The third-order valence-corrected chi connectivity index (χ3v) is 5.30. The van der Waals surface area contributed by atoms with Gasteiger partial charge in [0.1, 0.15) is 12.4 Å². The van der Waals surface area contributed by atoms with E-state index >= 15 is 0 Å². The summed E-state index contributed by atoms with van der Waals surface area (Å²) in [7, 11) is 5.72. The van der Waals surface area contributed by atoms with Crippen LogP contribution in [0.1, 0.15) is 31.7 Å². The van der Waals surface area contributed by atoms with Crippen molar-refractivity contribution < 1.29 is 14.6 Å². The lowest BCUT2D eigenvalue weighted by Crippen LogP contribution is -2.22. The molecule has 6 nitrogen and oxygen atoms in total. The summed E-state index contributed by atoms with van der Waals surface area (Å²) in [6.45, 7) is 1.67. The first kappa shape index (κ1) is 19.7. The first-order valence-electron chi connectivity index (χ1n) is 9.72. The Hall–Kier alpha value is -2.05. The highest BCUT2D eigenvalue weighted by molar-refractivity contribution is 5.69. The summed E-state index contributed by atoms with van der Waals surface area (Å²) in [4.78, 5) is 6.74. The molecule has 0 amide bonds. The molecule has 2 aromatic rings. The van der Waals surface area contributed by atoms with Crippen LogP contribution < -0.4 is 9.47 Å². The number of hydrogen-bond donors (Lipinski definition) is 1. The number of aromatic nitrogens is 2. The molecule has 27 heavy (non-hydrogen) atoms. The van der Waals surface area contributed by atoms with Gasteiger partial charge in [0.25, 0.3) is 0 Å². The number of para-hydroxylation sites is 1. The van der Waals surface area contributed by atoms with E-state index < -0.39 is 0 Å². The van der Waals surface area contributed by atoms with E-state index in [1.165, 1.54) is 0 Å². The van der Waals surface area contributed by atoms with E-state index in [0.29, 0.717) is 18.6 Å². The SMILES string of the molecule is COc1cccc(-c2nccn2[C@@H]2CCC[C@@H](CO)C2)c1OCCN(C)C. The van der Waals surface area contributed by atoms with Crippen LogP contribution in [0, 0.1) is 5.92 Å². The molecule has 3 rings (SSSR count). The molecular formula is C21H31N3O3.